The quantitative estimate of drug-likeness (QED) is 0.257. The number of rotatable bonds is 9. The van der Waals surface area contributed by atoms with Crippen LogP contribution in [0.2, 0.25) is 0 Å². The highest BCUT2D eigenvalue weighted by atomic mass is 16.2. The third kappa shape index (κ3) is 4.92. The Morgan fingerprint density at radius 2 is 1.59 bits per heavy atom. The molecule has 8 heteroatoms. The van der Waals surface area contributed by atoms with Crippen molar-refractivity contribution in [2.24, 2.45) is 0 Å². The summed E-state index contributed by atoms with van der Waals surface area (Å²) in [6.45, 7) is 9.48. The molecule has 0 fully saturated rings. The molecule has 2 aromatic carbocycles. The Labute approximate surface area is 198 Å². The normalized spacial score (nSPS) is 11.3. The Bertz CT molecular complexity index is 1320. The molecule has 3 N–H and O–H groups in total. The Balaban J connectivity index is 1.66. The third-order valence-electron chi connectivity index (χ3n) is 6.01. The number of pyridine rings is 1. The highest BCUT2D eigenvalue weighted by Gasteiger charge is 2.20. The van der Waals surface area contributed by atoms with Crippen LogP contribution < -0.4 is 16.3 Å². The summed E-state index contributed by atoms with van der Waals surface area (Å²) in [5.41, 5.74) is 2.58. The second-order valence-electron chi connectivity index (χ2n) is 8.17. The number of anilines is 2. The Morgan fingerprint density at radius 1 is 0.971 bits per heavy atom. The molecule has 0 aliphatic carbocycles. The van der Waals surface area contributed by atoms with E-state index in [-0.39, 0.29) is 5.91 Å². The van der Waals surface area contributed by atoms with Crippen molar-refractivity contribution >= 4 is 39.2 Å². The Morgan fingerprint density at radius 3 is 2.21 bits per heavy atom. The minimum Gasteiger partial charge on any atom is -0.369 e. The zero-order chi connectivity index (χ0) is 24.1. The molecular weight excluding hydrogens is 428 g/mol. The van der Waals surface area contributed by atoms with Crippen LogP contribution in [0.25, 0.3) is 21.8 Å². The second kappa shape index (κ2) is 10.4. The number of benzene rings is 2. The molecule has 0 saturated heterocycles. The molecule has 0 saturated carbocycles. The van der Waals surface area contributed by atoms with Crippen molar-refractivity contribution in [1.29, 1.82) is 0 Å². The minimum atomic E-state index is -0.486. The molecule has 0 atom stereocenters. The van der Waals surface area contributed by atoms with Crippen molar-refractivity contribution in [3.8, 4) is 0 Å². The summed E-state index contributed by atoms with van der Waals surface area (Å²) in [5, 5.41) is 7.98. The molecule has 4 aromatic rings. The average Bonchev–Trinajstić information content (AvgIpc) is 2.83. The van der Waals surface area contributed by atoms with Gasteiger partial charge in [-0.1, -0.05) is 50.2 Å². The van der Waals surface area contributed by atoms with Gasteiger partial charge in [-0.15, -0.1) is 0 Å². The number of amides is 1. The van der Waals surface area contributed by atoms with Gasteiger partial charge >= 0.3 is 5.69 Å². The number of aryl methyl sites for hydroxylation is 1. The number of hydrogen-bond acceptors (Lipinski definition) is 6. The fourth-order valence-corrected chi connectivity index (χ4v) is 4.19. The van der Waals surface area contributed by atoms with Gasteiger partial charge in [0.15, 0.2) is 0 Å². The molecule has 8 nitrogen and oxygen atoms in total. The first kappa shape index (κ1) is 23.4. The van der Waals surface area contributed by atoms with Crippen LogP contribution in [0.4, 0.5) is 11.5 Å². The highest BCUT2D eigenvalue weighted by Crippen LogP contribution is 2.31. The zero-order valence-corrected chi connectivity index (χ0v) is 19.8. The summed E-state index contributed by atoms with van der Waals surface area (Å²) < 4.78 is 0. The molecule has 0 unspecified atom stereocenters. The van der Waals surface area contributed by atoms with Gasteiger partial charge in [0.25, 0.3) is 5.91 Å². The van der Waals surface area contributed by atoms with Gasteiger partial charge in [0.05, 0.1) is 16.7 Å². The van der Waals surface area contributed by atoms with Crippen LogP contribution >= 0.6 is 0 Å². The smallest absolute Gasteiger partial charge is 0.347 e. The molecule has 0 aliphatic rings. The zero-order valence-electron chi connectivity index (χ0n) is 19.8. The van der Waals surface area contributed by atoms with Gasteiger partial charge in [-0.2, -0.15) is 4.98 Å². The lowest BCUT2D eigenvalue weighted by Crippen LogP contribution is -2.27. The van der Waals surface area contributed by atoms with Crippen LogP contribution in [0.1, 0.15) is 36.3 Å². The number of fused-ring (bicyclic) bond motifs is 2. The molecule has 1 amide bonds. The van der Waals surface area contributed by atoms with E-state index in [1.54, 1.807) is 6.92 Å². The maximum Gasteiger partial charge on any atom is 0.347 e. The van der Waals surface area contributed by atoms with E-state index in [4.69, 9.17) is 4.98 Å². The van der Waals surface area contributed by atoms with Gasteiger partial charge in [-0.25, -0.2) is 9.78 Å². The fraction of sp³-hybridized carbons (Fsp3) is 0.308. The van der Waals surface area contributed by atoms with Gasteiger partial charge in [-0.3, -0.25) is 4.79 Å². The Hall–Kier alpha value is -3.78. The second-order valence-corrected chi connectivity index (χ2v) is 8.17. The SMILES string of the molecule is CCN(CC)CCCNc1nc(=O)[nH]c(C)c1C(=O)Nc1c2ccccc2nc2ccccc12. The summed E-state index contributed by atoms with van der Waals surface area (Å²) in [4.78, 5) is 39.4. The van der Waals surface area contributed by atoms with E-state index in [0.717, 1.165) is 47.9 Å². The van der Waals surface area contributed by atoms with Crippen molar-refractivity contribution < 1.29 is 4.79 Å². The molecular formula is C26H30N6O2. The van der Waals surface area contributed by atoms with Crippen molar-refractivity contribution in [2.75, 3.05) is 36.8 Å². The lowest BCUT2D eigenvalue weighted by molar-refractivity contribution is 0.102. The lowest BCUT2D eigenvalue weighted by Gasteiger charge is -2.18. The average molecular weight is 459 g/mol. The van der Waals surface area contributed by atoms with Gasteiger partial charge in [-0.05, 0) is 45.1 Å². The predicted molar refractivity (Wildman–Crippen MR) is 138 cm³/mol. The molecule has 0 aliphatic heterocycles. The number of carbonyl (C=O) groups is 1. The van der Waals surface area contributed by atoms with Crippen LogP contribution in [0, 0.1) is 6.92 Å². The van der Waals surface area contributed by atoms with Gasteiger partial charge in [0, 0.05) is 23.0 Å². The summed E-state index contributed by atoms with van der Waals surface area (Å²) in [7, 11) is 0. The number of aromatic nitrogens is 3. The van der Waals surface area contributed by atoms with Gasteiger partial charge < -0.3 is 20.5 Å². The highest BCUT2D eigenvalue weighted by molar-refractivity contribution is 6.17. The number of hydrogen-bond donors (Lipinski definition) is 3. The van der Waals surface area contributed by atoms with Crippen LogP contribution in [0.5, 0.6) is 0 Å². The van der Waals surface area contributed by atoms with Crippen molar-refractivity contribution in [3.05, 3.63) is 70.3 Å². The summed E-state index contributed by atoms with van der Waals surface area (Å²) in [5.74, 6) is -0.0463. The van der Waals surface area contributed by atoms with E-state index in [9.17, 15) is 9.59 Å². The third-order valence-corrected chi connectivity index (χ3v) is 6.01. The van der Waals surface area contributed by atoms with E-state index in [1.807, 2.05) is 48.5 Å². The standard InChI is InChI=1S/C26H30N6O2/c1-4-32(5-2)16-10-15-27-24-22(17(3)28-26(34)31-24)25(33)30-23-18-11-6-8-13-20(18)29-21-14-9-7-12-19(21)23/h6-9,11-14H,4-5,10,15-16H2,1-3H3,(H,29,30,33)(H2,27,28,31,34). The molecule has 34 heavy (non-hydrogen) atoms. The monoisotopic (exact) mass is 458 g/mol. The first-order valence-electron chi connectivity index (χ1n) is 11.7. The van der Waals surface area contributed by atoms with Crippen LogP contribution in [-0.4, -0.2) is 51.9 Å². The molecule has 0 bridgehead atoms. The first-order valence-corrected chi connectivity index (χ1v) is 11.7. The summed E-state index contributed by atoms with van der Waals surface area (Å²) in [6.07, 6.45) is 0.871. The largest absolute Gasteiger partial charge is 0.369 e. The summed E-state index contributed by atoms with van der Waals surface area (Å²) in [6, 6.07) is 15.4. The first-order chi connectivity index (χ1) is 16.5. The number of H-pyrrole nitrogens is 1. The Kier molecular flexibility index (Phi) is 7.18. The van der Waals surface area contributed by atoms with Crippen LogP contribution in [-0.2, 0) is 0 Å². The fourth-order valence-electron chi connectivity index (χ4n) is 4.19. The van der Waals surface area contributed by atoms with E-state index in [1.165, 1.54) is 0 Å². The van der Waals surface area contributed by atoms with Crippen molar-refractivity contribution in [3.63, 3.8) is 0 Å². The van der Waals surface area contributed by atoms with Gasteiger partial charge in [0.2, 0.25) is 0 Å². The molecule has 2 aromatic heterocycles. The van der Waals surface area contributed by atoms with E-state index in [0.29, 0.717) is 29.3 Å². The topological polar surface area (TPSA) is 103 Å². The summed E-state index contributed by atoms with van der Waals surface area (Å²) >= 11 is 0. The number of nitrogens with zero attached hydrogens (tertiary/aromatic N) is 3. The van der Waals surface area contributed by atoms with E-state index in [2.05, 4.69) is 39.3 Å². The number of carbonyl (C=O) groups excluding carboxylic acids is 1. The number of aromatic amines is 1. The maximum atomic E-state index is 13.5. The minimum absolute atomic E-state index is 0.293. The van der Waals surface area contributed by atoms with E-state index < -0.39 is 5.69 Å². The molecule has 2 heterocycles. The van der Waals surface area contributed by atoms with E-state index >= 15 is 0 Å². The molecule has 176 valence electrons. The lowest BCUT2D eigenvalue weighted by atomic mass is 10.1. The maximum absolute atomic E-state index is 13.5. The number of nitrogens with one attached hydrogen (secondary N) is 3. The predicted octanol–water partition coefficient (Wildman–Crippen LogP) is 4.18. The van der Waals surface area contributed by atoms with Crippen molar-refractivity contribution in [1.82, 2.24) is 19.9 Å². The van der Waals surface area contributed by atoms with Gasteiger partial charge in [0.1, 0.15) is 11.4 Å². The number of para-hydroxylation sites is 2. The van der Waals surface area contributed by atoms with Crippen molar-refractivity contribution in [2.45, 2.75) is 27.2 Å². The van der Waals surface area contributed by atoms with Crippen LogP contribution in [0.3, 0.4) is 0 Å². The molecule has 0 radical (unpaired) electrons. The van der Waals surface area contributed by atoms with Crippen LogP contribution in [0.15, 0.2) is 53.3 Å². The molecule has 4 rings (SSSR count). The molecule has 0 spiro atoms.